The molecule has 0 saturated carbocycles. The molecule has 1 amide bonds. The fourth-order valence-corrected chi connectivity index (χ4v) is 2.30. The Hall–Kier alpha value is -2.69. The molecule has 2 aromatic rings. The topological polar surface area (TPSA) is 56.8 Å². The van der Waals surface area contributed by atoms with E-state index in [0.29, 0.717) is 23.6 Å². The zero-order valence-corrected chi connectivity index (χ0v) is 13.8. The minimum atomic E-state index is -0.186. The van der Waals surface area contributed by atoms with E-state index in [1.165, 1.54) is 7.11 Å². The molecule has 0 aliphatic heterocycles. The summed E-state index contributed by atoms with van der Waals surface area (Å²) in [5.41, 5.74) is 2.55. The molecule has 122 valence electrons. The third-order valence-electron chi connectivity index (χ3n) is 3.52. The van der Waals surface area contributed by atoms with Gasteiger partial charge < -0.3 is 19.5 Å². The molecule has 0 atom stereocenters. The van der Waals surface area contributed by atoms with Crippen molar-refractivity contribution in [1.29, 1.82) is 0 Å². The lowest BCUT2D eigenvalue weighted by molar-refractivity contribution is 0.0950. The van der Waals surface area contributed by atoms with E-state index in [1.807, 2.05) is 25.1 Å². The van der Waals surface area contributed by atoms with E-state index in [2.05, 4.69) is 5.32 Å². The summed E-state index contributed by atoms with van der Waals surface area (Å²) in [7, 11) is 4.71. The first kappa shape index (κ1) is 16.7. The summed E-state index contributed by atoms with van der Waals surface area (Å²) in [5.74, 6) is 1.68. The Morgan fingerprint density at radius 3 is 2.22 bits per heavy atom. The summed E-state index contributed by atoms with van der Waals surface area (Å²) in [5, 5.41) is 2.89. The van der Waals surface area contributed by atoms with E-state index < -0.39 is 0 Å². The fraction of sp³-hybridized carbons (Fsp3) is 0.278. The number of amides is 1. The predicted octanol–water partition coefficient (Wildman–Crippen LogP) is 2.95. The lowest BCUT2D eigenvalue weighted by Gasteiger charge is -2.12. The van der Waals surface area contributed by atoms with E-state index in [9.17, 15) is 4.79 Å². The first-order chi connectivity index (χ1) is 11.1. The van der Waals surface area contributed by atoms with Gasteiger partial charge in [0.1, 0.15) is 5.75 Å². The van der Waals surface area contributed by atoms with Gasteiger partial charge in [-0.15, -0.1) is 0 Å². The fourth-order valence-electron chi connectivity index (χ4n) is 2.30. The van der Waals surface area contributed by atoms with Crippen molar-refractivity contribution >= 4 is 5.91 Å². The molecule has 5 nitrogen and oxygen atoms in total. The molecule has 0 heterocycles. The van der Waals surface area contributed by atoms with Crippen molar-refractivity contribution < 1.29 is 19.0 Å². The van der Waals surface area contributed by atoms with Gasteiger partial charge >= 0.3 is 0 Å². The average Bonchev–Trinajstić information content (AvgIpc) is 2.59. The molecule has 23 heavy (non-hydrogen) atoms. The summed E-state index contributed by atoms with van der Waals surface area (Å²) in [6.45, 7) is 2.39. The quantitative estimate of drug-likeness (QED) is 0.890. The van der Waals surface area contributed by atoms with Crippen LogP contribution in [0.3, 0.4) is 0 Å². The van der Waals surface area contributed by atoms with Gasteiger partial charge in [-0.3, -0.25) is 4.79 Å². The number of ether oxygens (including phenoxy) is 3. The summed E-state index contributed by atoms with van der Waals surface area (Å²) >= 11 is 0. The maximum Gasteiger partial charge on any atom is 0.251 e. The van der Waals surface area contributed by atoms with Crippen molar-refractivity contribution in [3.05, 3.63) is 53.1 Å². The van der Waals surface area contributed by atoms with Gasteiger partial charge in [0.15, 0.2) is 11.5 Å². The first-order valence-electron chi connectivity index (χ1n) is 7.22. The van der Waals surface area contributed by atoms with E-state index in [1.54, 1.807) is 32.4 Å². The van der Waals surface area contributed by atoms with E-state index in [-0.39, 0.29) is 5.91 Å². The lowest BCUT2D eigenvalue weighted by Crippen LogP contribution is -2.23. The average molecular weight is 315 g/mol. The Morgan fingerprint density at radius 2 is 1.57 bits per heavy atom. The highest BCUT2D eigenvalue weighted by molar-refractivity contribution is 5.94. The Balaban J connectivity index is 2.12. The number of carbonyl (C=O) groups excluding carboxylic acids is 1. The largest absolute Gasteiger partial charge is 0.496 e. The Labute approximate surface area is 136 Å². The van der Waals surface area contributed by atoms with Crippen LogP contribution >= 0.6 is 0 Å². The molecule has 0 saturated heterocycles. The van der Waals surface area contributed by atoms with Crippen molar-refractivity contribution in [3.63, 3.8) is 0 Å². The Kier molecular flexibility index (Phi) is 5.46. The van der Waals surface area contributed by atoms with Crippen molar-refractivity contribution in [3.8, 4) is 17.2 Å². The molecule has 0 bridgehead atoms. The number of aryl methyl sites for hydroxylation is 1. The second-order valence-corrected chi connectivity index (χ2v) is 5.07. The molecule has 0 unspecified atom stereocenters. The highest BCUT2D eigenvalue weighted by Crippen LogP contribution is 2.27. The van der Waals surface area contributed by atoms with Gasteiger partial charge in [-0.25, -0.2) is 0 Å². The molecule has 2 aromatic carbocycles. The van der Waals surface area contributed by atoms with Crippen LogP contribution in [-0.4, -0.2) is 27.2 Å². The van der Waals surface area contributed by atoms with Gasteiger partial charge in [0.25, 0.3) is 5.91 Å². The molecule has 5 heteroatoms. The second kappa shape index (κ2) is 7.54. The lowest BCUT2D eigenvalue weighted by atomic mass is 10.1. The number of hydrogen-bond donors (Lipinski definition) is 1. The number of rotatable bonds is 6. The minimum Gasteiger partial charge on any atom is -0.496 e. The van der Waals surface area contributed by atoms with Crippen molar-refractivity contribution in [1.82, 2.24) is 5.32 Å². The third kappa shape index (κ3) is 3.94. The monoisotopic (exact) mass is 315 g/mol. The molecule has 2 rings (SSSR count). The summed E-state index contributed by atoms with van der Waals surface area (Å²) in [6.07, 6.45) is 0. The Morgan fingerprint density at radius 1 is 0.913 bits per heavy atom. The molecular formula is C18H21NO4. The smallest absolute Gasteiger partial charge is 0.251 e. The normalized spacial score (nSPS) is 10.1. The molecular weight excluding hydrogens is 294 g/mol. The van der Waals surface area contributed by atoms with Crippen LogP contribution in [0.5, 0.6) is 17.2 Å². The van der Waals surface area contributed by atoms with Crippen LogP contribution < -0.4 is 19.5 Å². The first-order valence-corrected chi connectivity index (χ1v) is 7.22. The summed E-state index contributed by atoms with van der Waals surface area (Å²) < 4.78 is 15.7. The van der Waals surface area contributed by atoms with Gasteiger partial charge in [-0.05, 0) is 31.2 Å². The maximum absolute atomic E-state index is 12.3. The minimum absolute atomic E-state index is 0.186. The summed E-state index contributed by atoms with van der Waals surface area (Å²) in [4.78, 5) is 12.3. The van der Waals surface area contributed by atoms with E-state index >= 15 is 0 Å². The predicted molar refractivity (Wildman–Crippen MR) is 88.4 cm³/mol. The van der Waals surface area contributed by atoms with Crippen LogP contribution in [0.15, 0.2) is 36.4 Å². The number of methoxy groups -OCH3 is 3. The molecule has 0 aromatic heterocycles. The SMILES string of the molecule is COc1ccc(C)cc1CNC(=O)c1ccc(OC)c(OC)c1. The van der Waals surface area contributed by atoms with Crippen LogP contribution in [-0.2, 0) is 6.54 Å². The molecule has 0 aliphatic carbocycles. The van der Waals surface area contributed by atoms with Crippen molar-refractivity contribution in [2.75, 3.05) is 21.3 Å². The van der Waals surface area contributed by atoms with E-state index in [4.69, 9.17) is 14.2 Å². The maximum atomic E-state index is 12.3. The van der Waals surface area contributed by atoms with Crippen LogP contribution in [0.25, 0.3) is 0 Å². The third-order valence-corrected chi connectivity index (χ3v) is 3.52. The number of carbonyl (C=O) groups is 1. The zero-order chi connectivity index (χ0) is 16.8. The van der Waals surface area contributed by atoms with E-state index in [0.717, 1.165) is 16.9 Å². The van der Waals surface area contributed by atoms with Crippen LogP contribution in [0.4, 0.5) is 0 Å². The number of benzene rings is 2. The van der Waals surface area contributed by atoms with Crippen LogP contribution in [0.1, 0.15) is 21.5 Å². The highest BCUT2D eigenvalue weighted by Gasteiger charge is 2.11. The van der Waals surface area contributed by atoms with Crippen LogP contribution in [0, 0.1) is 6.92 Å². The molecule has 0 fully saturated rings. The van der Waals surface area contributed by atoms with Crippen LogP contribution in [0.2, 0.25) is 0 Å². The van der Waals surface area contributed by atoms with Gasteiger partial charge in [-0.1, -0.05) is 17.7 Å². The van der Waals surface area contributed by atoms with Crippen molar-refractivity contribution in [2.45, 2.75) is 13.5 Å². The van der Waals surface area contributed by atoms with Gasteiger partial charge in [0.05, 0.1) is 21.3 Å². The van der Waals surface area contributed by atoms with Gasteiger partial charge in [0.2, 0.25) is 0 Å². The molecule has 0 aliphatic rings. The molecule has 0 spiro atoms. The van der Waals surface area contributed by atoms with Gasteiger partial charge in [-0.2, -0.15) is 0 Å². The standard InChI is InChI=1S/C18H21NO4/c1-12-5-7-15(21-2)14(9-12)11-19-18(20)13-6-8-16(22-3)17(10-13)23-4/h5-10H,11H2,1-4H3,(H,19,20). The summed E-state index contributed by atoms with van der Waals surface area (Å²) in [6, 6.07) is 10.9. The highest BCUT2D eigenvalue weighted by atomic mass is 16.5. The second-order valence-electron chi connectivity index (χ2n) is 5.07. The van der Waals surface area contributed by atoms with Gasteiger partial charge in [0, 0.05) is 17.7 Å². The number of hydrogen-bond acceptors (Lipinski definition) is 4. The Bertz CT molecular complexity index is 697. The number of nitrogens with one attached hydrogen (secondary N) is 1. The van der Waals surface area contributed by atoms with Crippen molar-refractivity contribution in [2.24, 2.45) is 0 Å². The molecule has 0 radical (unpaired) electrons. The molecule has 1 N–H and O–H groups in total. The zero-order valence-electron chi connectivity index (χ0n) is 13.8.